The lowest BCUT2D eigenvalue weighted by Gasteiger charge is -2.07. The number of hydrogen-bond acceptors (Lipinski definition) is 2. The highest BCUT2D eigenvalue weighted by Gasteiger charge is 2.19. The predicted octanol–water partition coefficient (Wildman–Crippen LogP) is 3.60. The summed E-state index contributed by atoms with van der Waals surface area (Å²) in [5.74, 6) is -2.23. The van der Waals surface area contributed by atoms with E-state index in [9.17, 15) is 13.6 Å². The van der Waals surface area contributed by atoms with Gasteiger partial charge in [0.2, 0.25) is 0 Å². The van der Waals surface area contributed by atoms with Gasteiger partial charge in [-0.2, -0.15) is 0 Å². The minimum absolute atomic E-state index is 0.0973. The molecule has 6 heteroatoms. The number of ether oxygens (including phenoxy) is 1. The Bertz CT molecular complexity index is 396. The fourth-order valence-electron chi connectivity index (χ4n) is 1.13. The molecule has 0 heterocycles. The summed E-state index contributed by atoms with van der Waals surface area (Å²) in [5.41, 5.74) is -0.306. The normalized spacial score (nSPS) is 10.3. The van der Waals surface area contributed by atoms with Crippen LogP contribution in [0.1, 0.15) is 12.5 Å². The maximum Gasteiger partial charge on any atom is 0.310 e. The van der Waals surface area contributed by atoms with Gasteiger partial charge in [0.25, 0.3) is 0 Å². The van der Waals surface area contributed by atoms with E-state index in [1.54, 1.807) is 6.92 Å². The van der Waals surface area contributed by atoms with Crippen molar-refractivity contribution in [2.24, 2.45) is 0 Å². The van der Waals surface area contributed by atoms with Crippen LogP contribution in [0.4, 0.5) is 8.78 Å². The van der Waals surface area contributed by atoms with Crippen molar-refractivity contribution in [3.05, 3.63) is 32.2 Å². The Morgan fingerprint density at radius 1 is 1.31 bits per heavy atom. The predicted molar refractivity (Wildman–Crippen MR) is 62.1 cm³/mol. The molecule has 1 aromatic rings. The van der Waals surface area contributed by atoms with Crippen LogP contribution in [0, 0.1) is 11.6 Å². The van der Waals surface area contributed by atoms with Crippen LogP contribution in [0.25, 0.3) is 0 Å². The van der Waals surface area contributed by atoms with E-state index in [1.165, 1.54) is 6.07 Å². The van der Waals surface area contributed by atoms with Crippen LogP contribution in [0.3, 0.4) is 0 Å². The molecule has 0 spiro atoms. The van der Waals surface area contributed by atoms with Crippen LogP contribution in [0.5, 0.6) is 0 Å². The van der Waals surface area contributed by atoms with Crippen LogP contribution >= 0.6 is 31.9 Å². The SMILES string of the molecule is CCOC(=O)Cc1c(F)c(Br)cc(Br)c1F. The summed E-state index contributed by atoms with van der Waals surface area (Å²) in [7, 11) is 0. The monoisotopic (exact) mass is 356 g/mol. The third-order valence-electron chi connectivity index (χ3n) is 1.83. The van der Waals surface area contributed by atoms with E-state index in [4.69, 9.17) is 0 Å². The van der Waals surface area contributed by atoms with Gasteiger partial charge < -0.3 is 4.74 Å². The number of carbonyl (C=O) groups excluding carboxylic acids is 1. The number of benzene rings is 1. The zero-order chi connectivity index (χ0) is 12.3. The number of hydrogen-bond donors (Lipinski definition) is 0. The third kappa shape index (κ3) is 3.01. The Balaban J connectivity index is 3.07. The van der Waals surface area contributed by atoms with E-state index < -0.39 is 24.0 Å². The molecule has 0 saturated heterocycles. The second-order valence-corrected chi connectivity index (χ2v) is 4.64. The minimum Gasteiger partial charge on any atom is -0.466 e. The van der Waals surface area contributed by atoms with E-state index in [-0.39, 0.29) is 21.1 Å². The van der Waals surface area contributed by atoms with Crippen molar-refractivity contribution in [3.8, 4) is 0 Å². The largest absolute Gasteiger partial charge is 0.466 e. The standard InChI is InChI=1S/C10H8Br2F2O2/c1-2-16-8(15)3-5-9(13)6(11)4-7(12)10(5)14/h4H,2-3H2,1H3. The van der Waals surface area contributed by atoms with Gasteiger partial charge in [-0.1, -0.05) is 0 Å². The first kappa shape index (κ1) is 13.6. The Labute approximate surface area is 108 Å². The van der Waals surface area contributed by atoms with Gasteiger partial charge in [0.1, 0.15) is 11.6 Å². The Kier molecular flexibility index (Phi) is 4.86. The lowest BCUT2D eigenvalue weighted by atomic mass is 10.1. The highest BCUT2D eigenvalue weighted by Crippen LogP contribution is 2.28. The fraction of sp³-hybridized carbons (Fsp3) is 0.300. The molecule has 0 aliphatic carbocycles. The number of rotatable bonds is 3. The average molecular weight is 358 g/mol. The molecule has 0 aromatic heterocycles. The molecular formula is C10H8Br2F2O2. The first-order valence-corrected chi connectivity index (χ1v) is 6.03. The first-order valence-electron chi connectivity index (χ1n) is 4.44. The van der Waals surface area contributed by atoms with E-state index in [0.29, 0.717) is 0 Å². The van der Waals surface area contributed by atoms with E-state index in [2.05, 4.69) is 36.6 Å². The van der Waals surface area contributed by atoms with Crippen molar-refractivity contribution in [1.29, 1.82) is 0 Å². The molecule has 0 unspecified atom stereocenters. The topological polar surface area (TPSA) is 26.3 Å². The Morgan fingerprint density at radius 3 is 2.25 bits per heavy atom. The molecule has 0 radical (unpaired) electrons. The van der Waals surface area contributed by atoms with Gasteiger partial charge in [-0.25, -0.2) is 8.78 Å². The average Bonchev–Trinajstić information content (AvgIpc) is 2.22. The second kappa shape index (κ2) is 5.72. The summed E-state index contributed by atoms with van der Waals surface area (Å²) in [6.45, 7) is 1.80. The summed E-state index contributed by atoms with van der Waals surface area (Å²) < 4.78 is 31.9. The zero-order valence-corrected chi connectivity index (χ0v) is 11.5. The van der Waals surface area contributed by atoms with E-state index in [1.807, 2.05) is 0 Å². The van der Waals surface area contributed by atoms with Gasteiger partial charge in [0.15, 0.2) is 0 Å². The molecule has 0 amide bonds. The molecule has 0 aliphatic rings. The van der Waals surface area contributed by atoms with Gasteiger partial charge in [-0.3, -0.25) is 4.79 Å². The molecule has 0 atom stereocenters. The number of carbonyl (C=O) groups is 1. The Morgan fingerprint density at radius 2 is 1.81 bits per heavy atom. The number of halogens is 4. The molecule has 1 aromatic carbocycles. The van der Waals surface area contributed by atoms with Crippen molar-refractivity contribution >= 4 is 37.8 Å². The van der Waals surface area contributed by atoms with Gasteiger partial charge in [0, 0.05) is 5.56 Å². The van der Waals surface area contributed by atoms with Gasteiger partial charge >= 0.3 is 5.97 Å². The van der Waals surface area contributed by atoms with Crippen LogP contribution in [-0.4, -0.2) is 12.6 Å². The Hall–Kier alpha value is -0.490. The van der Waals surface area contributed by atoms with E-state index >= 15 is 0 Å². The smallest absolute Gasteiger partial charge is 0.310 e. The lowest BCUT2D eigenvalue weighted by molar-refractivity contribution is -0.142. The summed E-state index contributed by atoms with van der Waals surface area (Å²) >= 11 is 5.87. The fourth-order valence-corrected chi connectivity index (χ4v) is 2.38. The molecule has 1 rings (SSSR count). The molecule has 16 heavy (non-hydrogen) atoms. The summed E-state index contributed by atoms with van der Waals surface area (Å²) in [5, 5.41) is 0. The highest BCUT2D eigenvalue weighted by molar-refractivity contribution is 9.11. The molecule has 88 valence electrons. The van der Waals surface area contributed by atoms with Crippen molar-refractivity contribution < 1.29 is 18.3 Å². The molecule has 0 aliphatic heterocycles. The van der Waals surface area contributed by atoms with Gasteiger partial charge in [-0.05, 0) is 44.8 Å². The molecule has 0 N–H and O–H groups in total. The molecule has 0 fully saturated rings. The highest BCUT2D eigenvalue weighted by atomic mass is 79.9. The summed E-state index contributed by atoms with van der Waals surface area (Å²) in [6, 6.07) is 1.25. The van der Waals surface area contributed by atoms with Crippen molar-refractivity contribution in [2.75, 3.05) is 6.61 Å². The maximum atomic E-state index is 13.5. The van der Waals surface area contributed by atoms with Gasteiger partial charge in [0.05, 0.1) is 22.0 Å². The van der Waals surface area contributed by atoms with Gasteiger partial charge in [-0.15, -0.1) is 0 Å². The second-order valence-electron chi connectivity index (χ2n) is 2.93. The molecule has 0 saturated carbocycles. The lowest BCUT2D eigenvalue weighted by Crippen LogP contribution is -2.11. The summed E-state index contributed by atoms with van der Waals surface area (Å²) in [4.78, 5) is 11.2. The van der Waals surface area contributed by atoms with Crippen LogP contribution in [-0.2, 0) is 16.0 Å². The molecule has 2 nitrogen and oxygen atoms in total. The van der Waals surface area contributed by atoms with Crippen LogP contribution in [0.15, 0.2) is 15.0 Å². The van der Waals surface area contributed by atoms with Crippen molar-refractivity contribution in [1.82, 2.24) is 0 Å². The quantitative estimate of drug-likeness (QED) is 0.610. The third-order valence-corrected chi connectivity index (χ3v) is 2.98. The van der Waals surface area contributed by atoms with Crippen LogP contribution < -0.4 is 0 Å². The number of esters is 1. The van der Waals surface area contributed by atoms with Crippen molar-refractivity contribution in [2.45, 2.75) is 13.3 Å². The minimum atomic E-state index is -0.784. The summed E-state index contributed by atoms with van der Waals surface area (Å²) in [6.07, 6.45) is -0.427. The first-order chi connectivity index (χ1) is 7.47. The zero-order valence-electron chi connectivity index (χ0n) is 8.32. The molecular weight excluding hydrogens is 350 g/mol. The van der Waals surface area contributed by atoms with E-state index in [0.717, 1.165) is 0 Å². The molecule has 0 bridgehead atoms. The van der Waals surface area contributed by atoms with Crippen molar-refractivity contribution in [3.63, 3.8) is 0 Å². The van der Waals surface area contributed by atoms with Crippen LogP contribution in [0.2, 0.25) is 0 Å². The maximum absolute atomic E-state index is 13.5.